The number of nitrogens with zero attached hydrogens (tertiary/aromatic N) is 2. The number of hydrogen-bond acceptors (Lipinski definition) is 5. The standard InChI is InChI=1S/C14H21BrN4O2/c15-11-9-13(19(20)21)14(18-10-11)17-8-7-16-12-5-3-1-2-4-6-12/h9-10,12,16H,1-8H2,(H,17,18). The molecule has 1 fully saturated rings. The Labute approximate surface area is 133 Å². The Morgan fingerprint density at radius 3 is 2.67 bits per heavy atom. The van der Waals surface area contributed by atoms with Gasteiger partial charge in [0.25, 0.3) is 0 Å². The molecule has 0 unspecified atom stereocenters. The van der Waals surface area contributed by atoms with Crippen LogP contribution >= 0.6 is 15.9 Å². The highest BCUT2D eigenvalue weighted by Crippen LogP contribution is 2.25. The molecule has 2 N–H and O–H groups in total. The van der Waals surface area contributed by atoms with Crippen LogP contribution in [0.15, 0.2) is 16.7 Å². The van der Waals surface area contributed by atoms with E-state index in [2.05, 4.69) is 31.5 Å². The van der Waals surface area contributed by atoms with Gasteiger partial charge in [-0.2, -0.15) is 0 Å². The molecule has 7 heteroatoms. The second kappa shape index (κ2) is 8.29. The fourth-order valence-corrected chi connectivity index (χ4v) is 2.96. The maximum absolute atomic E-state index is 11.0. The van der Waals surface area contributed by atoms with E-state index in [0.717, 1.165) is 6.54 Å². The van der Waals surface area contributed by atoms with Crippen molar-refractivity contribution in [2.75, 3.05) is 18.4 Å². The third-order valence-corrected chi connectivity index (χ3v) is 4.17. The van der Waals surface area contributed by atoms with Crippen molar-refractivity contribution in [3.8, 4) is 0 Å². The van der Waals surface area contributed by atoms with Crippen molar-refractivity contribution in [2.45, 2.75) is 44.6 Å². The van der Waals surface area contributed by atoms with Crippen molar-refractivity contribution in [3.05, 3.63) is 26.9 Å². The third kappa shape index (κ3) is 5.24. The summed E-state index contributed by atoms with van der Waals surface area (Å²) >= 11 is 3.20. The second-order valence-corrected chi connectivity index (χ2v) is 6.26. The zero-order chi connectivity index (χ0) is 15.1. The normalized spacial score (nSPS) is 16.4. The third-order valence-electron chi connectivity index (χ3n) is 3.74. The lowest BCUT2D eigenvalue weighted by molar-refractivity contribution is -0.384. The zero-order valence-corrected chi connectivity index (χ0v) is 13.6. The van der Waals surface area contributed by atoms with E-state index in [4.69, 9.17) is 0 Å². The first-order chi connectivity index (χ1) is 10.2. The average molecular weight is 357 g/mol. The van der Waals surface area contributed by atoms with Crippen LogP contribution in [0.2, 0.25) is 0 Å². The zero-order valence-electron chi connectivity index (χ0n) is 12.0. The highest BCUT2D eigenvalue weighted by Gasteiger charge is 2.16. The van der Waals surface area contributed by atoms with E-state index in [-0.39, 0.29) is 5.69 Å². The molecule has 0 amide bonds. The molecule has 6 nitrogen and oxygen atoms in total. The minimum absolute atomic E-state index is 0.00107. The van der Waals surface area contributed by atoms with Gasteiger partial charge in [0.2, 0.25) is 5.82 Å². The van der Waals surface area contributed by atoms with Crippen LogP contribution in [-0.2, 0) is 0 Å². The SMILES string of the molecule is O=[N+]([O-])c1cc(Br)cnc1NCCNC1CCCCCC1. The van der Waals surface area contributed by atoms with Gasteiger partial charge in [-0.3, -0.25) is 10.1 Å². The number of nitro groups is 1. The van der Waals surface area contributed by atoms with E-state index in [1.165, 1.54) is 44.6 Å². The van der Waals surface area contributed by atoms with Crippen molar-refractivity contribution in [1.29, 1.82) is 0 Å². The van der Waals surface area contributed by atoms with Gasteiger partial charge >= 0.3 is 5.69 Å². The molecule has 2 rings (SSSR count). The van der Waals surface area contributed by atoms with E-state index < -0.39 is 4.92 Å². The lowest BCUT2D eigenvalue weighted by Gasteiger charge is -2.16. The highest BCUT2D eigenvalue weighted by atomic mass is 79.9. The Hall–Kier alpha value is -1.21. The minimum Gasteiger partial charge on any atom is -0.363 e. The Balaban J connectivity index is 1.79. The fraction of sp³-hybridized carbons (Fsp3) is 0.643. The number of pyridine rings is 1. The van der Waals surface area contributed by atoms with Crippen molar-refractivity contribution in [2.24, 2.45) is 0 Å². The first-order valence-corrected chi connectivity index (χ1v) is 8.23. The van der Waals surface area contributed by atoms with Gasteiger partial charge in [-0.1, -0.05) is 25.7 Å². The van der Waals surface area contributed by atoms with Gasteiger partial charge in [0.05, 0.1) is 4.92 Å². The summed E-state index contributed by atoms with van der Waals surface area (Å²) in [5, 5.41) is 17.5. The van der Waals surface area contributed by atoms with Crippen LogP contribution < -0.4 is 10.6 Å². The van der Waals surface area contributed by atoms with Gasteiger partial charge in [-0.15, -0.1) is 0 Å². The Bertz CT molecular complexity index is 476. The molecule has 0 bridgehead atoms. The van der Waals surface area contributed by atoms with Gasteiger partial charge in [0.15, 0.2) is 0 Å². The molecule has 0 aliphatic heterocycles. The summed E-state index contributed by atoms with van der Waals surface area (Å²) in [5.74, 6) is 0.325. The van der Waals surface area contributed by atoms with Crippen LogP contribution in [-0.4, -0.2) is 29.0 Å². The smallest absolute Gasteiger partial charge is 0.312 e. The monoisotopic (exact) mass is 356 g/mol. The maximum Gasteiger partial charge on any atom is 0.312 e. The van der Waals surface area contributed by atoms with Gasteiger partial charge in [-0.05, 0) is 28.8 Å². The quantitative estimate of drug-likeness (QED) is 0.353. The number of aromatic nitrogens is 1. The van der Waals surface area contributed by atoms with Crippen molar-refractivity contribution >= 4 is 27.4 Å². The van der Waals surface area contributed by atoms with Crippen LogP contribution in [0.5, 0.6) is 0 Å². The molecule has 0 saturated heterocycles. The molecule has 0 radical (unpaired) electrons. The van der Waals surface area contributed by atoms with E-state index in [1.54, 1.807) is 6.20 Å². The second-order valence-electron chi connectivity index (χ2n) is 5.35. The molecule has 116 valence electrons. The predicted octanol–water partition coefficient (Wildman–Crippen LogP) is 3.48. The topological polar surface area (TPSA) is 80.1 Å². The molecule has 0 aromatic carbocycles. The van der Waals surface area contributed by atoms with Gasteiger partial charge in [0, 0.05) is 35.9 Å². The summed E-state index contributed by atoms with van der Waals surface area (Å²) in [6.07, 6.45) is 9.30. The summed E-state index contributed by atoms with van der Waals surface area (Å²) in [4.78, 5) is 14.6. The van der Waals surface area contributed by atoms with E-state index in [9.17, 15) is 10.1 Å². The molecule has 1 heterocycles. The summed E-state index contributed by atoms with van der Waals surface area (Å²) in [5.41, 5.74) is -0.00107. The Morgan fingerprint density at radius 2 is 2.00 bits per heavy atom. The van der Waals surface area contributed by atoms with Crippen LogP contribution in [0.3, 0.4) is 0 Å². The van der Waals surface area contributed by atoms with Crippen LogP contribution in [0, 0.1) is 10.1 Å². The molecule has 1 aromatic heterocycles. The Kier molecular flexibility index (Phi) is 6.38. The molecule has 21 heavy (non-hydrogen) atoms. The number of nitrogens with one attached hydrogen (secondary N) is 2. The van der Waals surface area contributed by atoms with Gasteiger partial charge in [0.1, 0.15) is 0 Å². The predicted molar refractivity (Wildman–Crippen MR) is 86.6 cm³/mol. The Morgan fingerprint density at radius 1 is 1.29 bits per heavy atom. The maximum atomic E-state index is 11.0. The first-order valence-electron chi connectivity index (χ1n) is 7.44. The number of hydrogen-bond donors (Lipinski definition) is 2. The van der Waals surface area contributed by atoms with Gasteiger partial charge in [-0.25, -0.2) is 4.98 Å². The summed E-state index contributed by atoms with van der Waals surface area (Å²) in [6.45, 7) is 1.42. The molecule has 1 aromatic rings. The van der Waals surface area contributed by atoms with E-state index in [0.29, 0.717) is 22.9 Å². The molecule has 1 saturated carbocycles. The number of halogens is 1. The van der Waals surface area contributed by atoms with Crippen molar-refractivity contribution in [3.63, 3.8) is 0 Å². The molecular formula is C14H21BrN4O2. The van der Waals surface area contributed by atoms with Gasteiger partial charge < -0.3 is 10.6 Å². The summed E-state index contributed by atoms with van der Waals surface area (Å²) < 4.78 is 0.608. The molecular weight excluding hydrogens is 336 g/mol. The number of rotatable bonds is 6. The van der Waals surface area contributed by atoms with Crippen molar-refractivity contribution < 1.29 is 4.92 Å². The van der Waals surface area contributed by atoms with E-state index in [1.807, 2.05) is 0 Å². The van der Waals surface area contributed by atoms with Crippen LogP contribution in [0.25, 0.3) is 0 Å². The van der Waals surface area contributed by atoms with E-state index >= 15 is 0 Å². The summed E-state index contributed by atoms with van der Waals surface area (Å²) in [6, 6.07) is 2.05. The fourth-order valence-electron chi connectivity index (χ4n) is 2.64. The first kappa shape index (κ1) is 16.2. The average Bonchev–Trinajstić information content (AvgIpc) is 2.73. The molecule has 1 aliphatic rings. The van der Waals surface area contributed by atoms with Crippen molar-refractivity contribution in [1.82, 2.24) is 10.3 Å². The van der Waals surface area contributed by atoms with Crippen LogP contribution in [0.1, 0.15) is 38.5 Å². The molecule has 0 spiro atoms. The largest absolute Gasteiger partial charge is 0.363 e. The minimum atomic E-state index is -0.418. The highest BCUT2D eigenvalue weighted by molar-refractivity contribution is 9.10. The molecule has 0 atom stereocenters. The lowest BCUT2D eigenvalue weighted by Crippen LogP contribution is -2.32. The summed E-state index contributed by atoms with van der Waals surface area (Å²) in [7, 11) is 0. The number of anilines is 1. The lowest BCUT2D eigenvalue weighted by atomic mass is 10.1. The molecule has 1 aliphatic carbocycles. The van der Waals surface area contributed by atoms with Crippen LogP contribution in [0.4, 0.5) is 11.5 Å².